The predicted octanol–water partition coefficient (Wildman–Crippen LogP) is 2.99. The van der Waals surface area contributed by atoms with Gasteiger partial charge in [0.15, 0.2) is 11.5 Å². The Labute approximate surface area is 114 Å². The van der Waals surface area contributed by atoms with Gasteiger partial charge in [-0.05, 0) is 23.3 Å². The second kappa shape index (κ2) is 6.81. The van der Waals surface area contributed by atoms with Crippen LogP contribution in [0.4, 0.5) is 0 Å². The molecule has 3 heteroatoms. The first-order valence-electron chi connectivity index (χ1n) is 6.29. The van der Waals surface area contributed by atoms with Gasteiger partial charge in [0.05, 0.1) is 14.2 Å². The molecule has 2 rings (SSSR count). The Kier molecular flexibility index (Phi) is 4.81. The lowest BCUT2D eigenvalue weighted by Gasteiger charge is -2.10. The molecule has 0 bridgehead atoms. The average Bonchev–Trinajstić information content (AvgIpc) is 2.48. The first-order chi connectivity index (χ1) is 9.33. The summed E-state index contributed by atoms with van der Waals surface area (Å²) in [7, 11) is 3.30. The van der Waals surface area contributed by atoms with Gasteiger partial charge in [-0.2, -0.15) is 0 Å². The number of methoxy groups -OCH3 is 2. The van der Waals surface area contributed by atoms with Crippen molar-refractivity contribution in [3.05, 3.63) is 59.7 Å². The lowest BCUT2D eigenvalue weighted by molar-refractivity contribution is 0.354. The highest BCUT2D eigenvalue weighted by Gasteiger charge is 2.04. The molecule has 100 valence electrons. The molecule has 0 radical (unpaired) electrons. The van der Waals surface area contributed by atoms with Crippen LogP contribution in [-0.4, -0.2) is 14.2 Å². The number of hydrogen-bond donors (Lipinski definition) is 1. The molecule has 19 heavy (non-hydrogen) atoms. The fourth-order valence-corrected chi connectivity index (χ4v) is 1.94. The molecule has 0 aromatic heterocycles. The molecule has 0 saturated heterocycles. The molecule has 2 aromatic carbocycles. The van der Waals surface area contributed by atoms with Crippen LogP contribution in [-0.2, 0) is 13.1 Å². The van der Waals surface area contributed by atoms with Crippen molar-refractivity contribution in [3.63, 3.8) is 0 Å². The largest absolute Gasteiger partial charge is 0.493 e. The predicted molar refractivity (Wildman–Crippen MR) is 76.5 cm³/mol. The maximum Gasteiger partial charge on any atom is 0.161 e. The summed E-state index contributed by atoms with van der Waals surface area (Å²) in [6.07, 6.45) is 0. The highest BCUT2D eigenvalue weighted by Crippen LogP contribution is 2.27. The molecule has 0 aliphatic rings. The van der Waals surface area contributed by atoms with Crippen LogP contribution in [0.2, 0.25) is 0 Å². The van der Waals surface area contributed by atoms with Gasteiger partial charge in [0.1, 0.15) is 0 Å². The van der Waals surface area contributed by atoms with Crippen molar-refractivity contribution in [1.82, 2.24) is 5.32 Å². The molecule has 2 aromatic rings. The van der Waals surface area contributed by atoms with Crippen molar-refractivity contribution in [3.8, 4) is 11.5 Å². The number of rotatable bonds is 6. The molecule has 0 spiro atoms. The summed E-state index contributed by atoms with van der Waals surface area (Å²) < 4.78 is 10.5. The molecule has 0 saturated carbocycles. The highest BCUT2D eigenvalue weighted by atomic mass is 16.5. The summed E-state index contributed by atoms with van der Waals surface area (Å²) >= 11 is 0. The third-order valence-electron chi connectivity index (χ3n) is 2.95. The van der Waals surface area contributed by atoms with Crippen molar-refractivity contribution >= 4 is 0 Å². The van der Waals surface area contributed by atoms with E-state index in [4.69, 9.17) is 9.47 Å². The van der Waals surface area contributed by atoms with E-state index >= 15 is 0 Å². The first kappa shape index (κ1) is 13.4. The fourth-order valence-electron chi connectivity index (χ4n) is 1.94. The van der Waals surface area contributed by atoms with E-state index in [1.807, 2.05) is 36.4 Å². The van der Waals surface area contributed by atoms with E-state index in [1.165, 1.54) is 11.1 Å². The Balaban J connectivity index is 1.93. The zero-order valence-corrected chi connectivity index (χ0v) is 11.3. The molecule has 0 heterocycles. The number of hydrogen-bond acceptors (Lipinski definition) is 3. The van der Waals surface area contributed by atoms with Crippen LogP contribution in [0.1, 0.15) is 11.1 Å². The first-order valence-corrected chi connectivity index (χ1v) is 6.29. The van der Waals surface area contributed by atoms with Crippen LogP contribution in [0.3, 0.4) is 0 Å². The Bertz CT molecular complexity index is 511. The quantitative estimate of drug-likeness (QED) is 0.863. The van der Waals surface area contributed by atoms with Crippen LogP contribution in [0.15, 0.2) is 48.5 Å². The van der Waals surface area contributed by atoms with E-state index in [1.54, 1.807) is 14.2 Å². The lowest BCUT2D eigenvalue weighted by Crippen LogP contribution is -2.12. The summed E-state index contributed by atoms with van der Waals surface area (Å²) in [6, 6.07) is 16.3. The average molecular weight is 257 g/mol. The van der Waals surface area contributed by atoms with E-state index < -0.39 is 0 Å². The molecular formula is C16H19NO2. The molecular weight excluding hydrogens is 238 g/mol. The summed E-state index contributed by atoms with van der Waals surface area (Å²) in [4.78, 5) is 0. The van der Waals surface area contributed by atoms with Crippen LogP contribution < -0.4 is 14.8 Å². The van der Waals surface area contributed by atoms with Crippen LogP contribution in [0.25, 0.3) is 0 Å². The van der Waals surface area contributed by atoms with E-state index in [0.29, 0.717) is 0 Å². The maximum atomic E-state index is 5.29. The zero-order chi connectivity index (χ0) is 13.5. The number of benzene rings is 2. The van der Waals surface area contributed by atoms with E-state index in [9.17, 15) is 0 Å². The fraction of sp³-hybridized carbons (Fsp3) is 0.250. The number of nitrogens with one attached hydrogen (secondary N) is 1. The highest BCUT2D eigenvalue weighted by molar-refractivity contribution is 5.42. The van der Waals surface area contributed by atoms with Gasteiger partial charge < -0.3 is 14.8 Å². The van der Waals surface area contributed by atoms with Gasteiger partial charge in [0, 0.05) is 13.1 Å². The minimum absolute atomic E-state index is 0.759. The summed E-state index contributed by atoms with van der Waals surface area (Å²) in [5, 5.41) is 3.41. The SMILES string of the molecule is COc1ccc(CNCc2ccccc2)cc1OC. The minimum atomic E-state index is 0.759. The second-order valence-corrected chi connectivity index (χ2v) is 4.28. The van der Waals surface area contributed by atoms with Gasteiger partial charge in [-0.1, -0.05) is 36.4 Å². The zero-order valence-electron chi connectivity index (χ0n) is 11.3. The molecule has 0 amide bonds. The van der Waals surface area contributed by atoms with E-state index in [-0.39, 0.29) is 0 Å². The Hall–Kier alpha value is -2.00. The molecule has 0 aliphatic carbocycles. The minimum Gasteiger partial charge on any atom is -0.493 e. The van der Waals surface area contributed by atoms with Crippen molar-refractivity contribution in [2.45, 2.75) is 13.1 Å². The van der Waals surface area contributed by atoms with Crippen LogP contribution in [0, 0.1) is 0 Å². The topological polar surface area (TPSA) is 30.5 Å². The Morgan fingerprint density at radius 1 is 0.789 bits per heavy atom. The number of ether oxygens (including phenoxy) is 2. The third-order valence-corrected chi connectivity index (χ3v) is 2.95. The lowest BCUT2D eigenvalue weighted by atomic mass is 10.2. The van der Waals surface area contributed by atoms with Crippen molar-refractivity contribution in [2.75, 3.05) is 14.2 Å². The van der Waals surface area contributed by atoms with Crippen LogP contribution in [0.5, 0.6) is 11.5 Å². The van der Waals surface area contributed by atoms with Crippen molar-refractivity contribution in [2.24, 2.45) is 0 Å². The van der Waals surface area contributed by atoms with Gasteiger partial charge in [-0.3, -0.25) is 0 Å². The van der Waals surface area contributed by atoms with E-state index in [2.05, 4.69) is 17.4 Å². The summed E-state index contributed by atoms with van der Waals surface area (Å²) in [5.74, 6) is 1.52. The summed E-state index contributed by atoms with van der Waals surface area (Å²) in [6.45, 7) is 1.66. The normalized spacial score (nSPS) is 10.2. The van der Waals surface area contributed by atoms with Crippen molar-refractivity contribution < 1.29 is 9.47 Å². The smallest absolute Gasteiger partial charge is 0.161 e. The second-order valence-electron chi connectivity index (χ2n) is 4.28. The van der Waals surface area contributed by atoms with Gasteiger partial charge in [-0.15, -0.1) is 0 Å². The monoisotopic (exact) mass is 257 g/mol. The van der Waals surface area contributed by atoms with Gasteiger partial charge in [0.25, 0.3) is 0 Å². The Morgan fingerprint density at radius 3 is 2.16 bits per heavy atom. The summed E-state index contributed by atoms with van der Waals surface area (Å²) in [5.41, 5.74) is 2.46. The van der Waals surface area contributed by atoms with Gasteiger partial charge in [0.2, 0.25) is 0 Å². The van der Waals surface area contributed by atoms with E-state index in [0.717, 1.165) is 24.6 Å². The standard InChI is InChI=1S/C16H19NO2/c1-18-15-9-8-14(10-16(15)19-2)12-17-11-13-6-4-3-5-7-13/h3-10,17H,11-12H2,1-2H3. The molecule has 1 N–H and O–H groups in total. The maximum absolute atomic E-state index is 5.29. The molecule has 0 fully saturated rings. The molecule has 0 unspecified atom stereocenters. The van der Waals surface area contributed by atoms with Crippen molar-refractivity contribution in [1.29, 1.82) is 0 Å². The molecule has 3 nitrogen and oxygen atoms in total. The van der Waals surface area contributed by atoms with Crippen LogP contribution >= 0.6 is 0 Å². The Morgan fingerprint density at radius 2 is 1.47 bits per heavy atom. The van der Waals surface area contributed by atoms with Gasteiger partial charge >= 0.3 is 0 Å². The van der Waals surface area contributed by atoms with Gasteiger partial charge in [-0.25, -0.2) is 0 Å². The third kappa shape index (κ3) is 3.73. The molecule has 0 aliphatic heterocycles. The molecule has 0 atom stereocenters.